The van der Waals surface area contributed by atoms with Crippen LogP contribution in [0.4, 0.5) is 4.39 Å². The SMILES string of the molecule is C[C@@H](CNC(=O)[C@@H]1CCCN1S(=O)(=O)c1ccc(F)cc1)c1ccccc1. The molecule has 1 N–H and O–H groups in total. The molecule has 27 heavy (non-hydrogen) atoms. The maximum absolute atomic E-state index is 13.1. The molecule has 0 aliphatic carbocycles. The first-order valence-electron chi connectivity index (χ1n) is 8.99. The molecule has 2 aromatic carbocycles. The minimum absolute atomic E-state index is 0.00116. The molecule has 1 saturated heterocycles. The summed E-state index contributed by atoms with van der Waals surface area (Å²) in [7, 11) is -3.83. The van der Waals surface area contributed by atoms with E-state index in [0.29, 0.717) is 19.4 Å². The van der Waals surface area contributed by atoms with Gasteiger partial charge in [-0.2, -0.15) is 4.31 Å². The number of carbonyl (C=O) groups is 1. The predicted molar refractivity (Wildman–Crippen MR) is 101 cm³/mol. The van der Waals surface area contributed by atoms with E-state index in [1.165, 1.54) is 16.4 Å². The van der Waals surface area contributed by atoms with E-state index in [0.717, 1.165) is 17.7 Å². The molecule has 144 valence electrons. The Kier molecular flexibility index (Phi) is 5.92. The van der Waals surface area contributed by atoms with E-state index in [1.807, 2.05) is 37.3 Å². The number of hydrogen-bond donors (Lipinski definition) is 1. The molecule has 7 heteroatoms. The van der Waals surface area contributed by atoms with Crippen LogP contribution in [0, 0.1) is 5.82 Å². The minimum atomic E-state index is -3.83. The van der Waals surface area contributed by atoms with Crippen LogP contribution in [0.15, 0.2) is 59.5 Å². The van der Waals surface area contributed by atoms with Crippen LogP contribution in [0.25, 0.3) is 0 Å². The zero-order valence-corrected chi connectivity index (χ0v) is 16.0. The first-order chi connectivity index (χ1) is 12.9. The van der Waals surface area contributed by atoms with Crippen molar-refractivity contribution in [2.75, 3.05) is 13.1 Å². The second kappa shape index (κ2) is 8.19. The van der Waals surface area contributed by atoms with E-state index in [1.54, 1.807) is 0 Å². The highest BCUT2D eigenvalue weighted by Crippen LogP contribution is 2.26. The lowest BCUT2D eigenvalue weighted by Gasteiger charge is -2.24. The van der Waals surface area contributed by atoms with Gasteiger partial charge in [-0.1, -0.05) is 37.3 Å². The summed E-state index contributed by atoms with van der Waals surface area (Å²) < 4.78 is 40.0. The zero-order chi connectivity index (χ0) is 19.4. The van der Waals surface area contributed by atoms with Crippen molar-refractivity contribution in [1.82, 2.24) is 9.62 Å². The Labute approximate surface area is 159 Å². The quantitative estimate of drug-likeness (QED) is 0.825. The molecule has 0 saturated carbocycles. The van der Waals surface area contributed by atoms with E-state index < -0.39 is 21.9 Å². The molecular weight excluding hydrogens is 367 g/mol. The summed E-state index contributed by atoms with van der Waals surface area (Å²) in [6.07, 6.45) is 1.10. The summed E-state index contributed by atoms with van der Waals surface area (Å²) in [5, 5.41) is 2.88. The Morgan fingerprint density at radius 3 is 2.52 bits per heavy atom. The molecule has 2 aromatic rings. The minimum Gasteiger partial charge on any atom is -0.354 e. The molecule has 1 amide bonds. The zero-order valence-electron chi connectivity index (χ0n) is 15.1. The topological polar surface area (TPSA) is 66.5 Å². The smallest absolute Gasteiger partial charge is 0.243 e. The van der Waals surface area contributed by atoms with E-state index >= 15 is 0 Å². The Balaban J connectivity index is 1.68. The molecule has 3 rings (SSSR count). The molecule has 0 aromatic heterocycles. The van der Waals surface area contributed by atoms with Crippen LogP contribution in [0.2, 0.25) is 0 Å². The van der Waals surface area contributed by atoms with Gasteiger partial charge in [-0.15, -0.1) is 0 Å². The van der Waals surface area contributed by atoms with Gasteiger partial charge in [0.05, 0.1) is 4.90 Å². The number of nitrogens with zero attached hydrogens (tertiary/aromatic N) is 1. The fraction of sp³-hybridized carbons (Fsp3) is 0.350. The average molecular weight is 390 g/mol. The summed E-state index contributed by atoms with van der Waals surface area (Å²) in [5.74, 6) is -0.667. The summed E-state index contributed by atoms with van der Waals surface area (Å²) in [4.78, 5) is 12.6. The summed E-state index contributed by atoms with van der Waals surface area (Å²) in [6, 6.07) is 13.8. The Bertz CT molecular complexity index is 885. The Hall–Kier alpha value is -2.25. The van der Waals surface area contributed by atoms with Crippen LogP contribution >= 0.6 is 0 Å². The number of sulfonamides is 1. The fourth-order valence-electron chi connectivity index (χ4n) is 3.30. The highest BCUT2D eigenvalue weighted by Gasteiger charge is 2.39. The molecule has 2 atom stereocenters. The number of amides is 1. The number of carbonyl (C=O) groups excluding carboxylic acids is 1. The Morgan fingerprint density at radius 1 is 1.19 bits per heavy atom. The third-order valence-corrected chi connectivity index (χ3v) is 6.80. The molecule has 1 heterocycles. The molecule has 1 fully saturated rings. The second-order valence-electron chi connectivity index (χ2n) is 6.78. The van der Waals surface area contributed by atoms with Crippen molar-refractivity contribution >= 4 is 15.9 Å². The van der Waals surface area contributed by atoms with Gasteiger partial charge in [0.2, 0.25) is 15.9 Å². The van der Waals surface area contributed by atoms with Gasteiger partial charge in [0, 0.05) is 13.1 Å². The fourth-order valence-corrected chi connectivity index (χ4v) is 4.96. The average Bonchev–Trinajstić information content (AvgIpc) is 3.18. The standard InChI is InChI=1S/C20H23FN2O3S/c1-15(16-6-3-2-4-7-16)14-22-20(24)19-8-5-13-23(19)27(25,26)18-11-9-17(21)10-12-18/h2-4,6-7,9-12,15,19H,5,8,13-14H2,1H3,(H,22,24)/t15-,19-/m0/s1. The first kappa shape index (κ1) is 19.5. The molecule has 1 aliphatic heterocycles. The first-order valence-corrected chi connectivity index (χ1v) is 10.4. The van der Waals surface area contributed by atoms with Crippen molar-refractivity contribution in [3.05, 3.63) is 66.0 Å². The number of hydrogen-bond acceptors (Lipinski definition) is 3. The van der Waals surface area contributed by atoms with Gasteiger partial charge in [-0.3, -0.25) is 4.79 Å². The lowest BCUT2D eigenvalue weighted by molar-refractivity contribution is -0.124. The highest BCUT2D eigenvalue weighted by atomic mass is 32.2. The van der Waals surface area contributed by atoms with Crippen LogP contribution < -0.4 is 5.32 Å². The third kappa shape index (κ3) is 4.36. The van der Waals surface area contributed by atoms with Crippen molar-refractivity contribution < 1.29 is 17.6 Å². The van der Waals surface area contributed by atoms with Crippen LogP contribution in [-0.2, 0) is 14.8 Å². The van der Waals surface area contributed by atoms with Crippen molar-refractivity contribution in [2.45, 2.75) is 36.6 Å². The molecular formula is C20H23FN2O3S. The van der Waals surface area contributed by atoms with Crippen LogP contribution in [-0.4, -0.2) is 37.8 Å². The van der Waals surface area contributed by atoms with Gasteiger partial charge in [0.1, 0.15) is 11.9 Å². The largest absolute Gasteiger partial charge is 0.354 e. The van der Waals surface area contributed by atoms with E-state index in [4.69, 9.17) is 0 Å². The van der Waals surface area contributed by atoms with E-state index in [2.05, 4.69) is 5.32 Å². The van der Waals surface area contributed by atoms with Crippen molar-refractivity contribution in [2.24, 2.45) is 0 Å². The van der Waals surface area contributed by atoms with Gasteiger partial charge in [-0.25, -0.2) is 12.8 Å². The van der Waals surface area contributed by atoms with Gasteiger partial charge in [0.15, 0.2) is 0 Å². The molecule has 0 spiro atoms. The maximum atomic E-state index is 13.1. The van der Waals surface area contributed by atoms with Gasteiger partial charge in [0.25, 0.3) is 0 Å². The lowest BCUT2D eigenvalue weighted by atomic mass is 10.0. The van der Waals surface area contributed by atoms with Crippen LogP contribution in [0.1, 0.15) is 31.2 Å². The van der Waals surface area contributed by atoms with Crippen LogP contribution in [0.5, 0.6) is 0 Å². The highest BCUT2D eigenvalue weighted by molar-refractivity contribution is 7.89. The monoisotopic (exact) mass is 390 g/mol. The van der Waals surface area contributed by atoms with Gasteiger partial charge in [-0.05, 0) is 48.6 Å². The van der Waals surface area contributed by atoms with Crippen LogP contribution in [0.3, 0.4) is 0 Å². The van der Waals surface area contributed by atoms with Crippen molar-refractivity contribution in [1.29, 1.82) is 0 Å². The maximum Gasteiger partial charge on any atom is 0.243 e. The van der Waals surface area contributed by atoms with Crippen molar-refractivity contribution in [3.63, 3.8) is 0 Å². The number of nitrogens with one attached hydrogen (secondary N) is 1. The van der Waals surface area contributed by atoms with E-state index in [9.17, 15) is 17.6 Å². The van der Waals surface area contributed by atoms with Gasteiger partial charge >= 0.3 is 0 Å². The molecule has 0 bridgehead atoms. The molecule has 0 radical (unpaired) electrons. The molecule has 1 aliphatic rings. The number of benzene rings is 2. The molecule has 5 nitrogen and oxygen atoms in total. The third-order valence-electron chi connectivity index (χ3n) is 4.88. The normalized spacial score (nSPS) is 19.0. The lowest BCUT2D eigenvalue weighted by Crippen LogP contribution is -2.46. The summed E-state index contributed by atoms with van der Waals surface area (Å²) in [5.41, 5.74) is 1.11. The molecule has 0 unspecified atom stereocenters. The second-order valence-corrected chi connectivity index (χ2v) is 8.68. The summed E-state index contributed by atoms with van der Waals surface area (Å²) >= 11 is 0. The summed E-state index contributed by atoms with van der Waals surface area (Å²) in [6.45, 7) is 2.73. The number of rotatable bonds is 6. The van der Waals surface area contributed by atoms with E-state index in [-0.39, 0.29) is 23.3 Å². The number of halogens is 1. The Morgan fingerprint density at radius 2 is 1.85 bits per heavy atom. The van der Waals surface area contributed by atoms with Crippen molar-refractivity contribution in [3.8, 4) is 0 Å². The predicted octanol–water partition coefficient (Wildman–Crippen LogP) is 2.90. The van der Waals surface area contributed by atoms with Gasteiger partial charge < -0.3 is 5.32 Å².